The van der Waals surface area contributed by atoms with Gasteiger partial charge in [-0.15, -0.1) is 0 Å². The average molecular weight is 277 g/mol. The molecule has 114 valence electrons. The molecular weight excluding hydrogens is 248 g/mol. The first-order valence-electron chi connectivity index (χ1n) is 7.77. The number of hydrogen-bond donors (Lipinski definition) is 1. The van der Waals surface area contributed by atoms with Crippen LogP contribution >= 0.6 is 0 Å². The zero-order valence-corrected chi connectivity index (χ0v) is 12.2. The number of hydrogen-bond acceptors (Lipinski definition) is 2. The molecule has 2 nitrogen and oxygen atoms in total. The van der Waals surface area contributed by atoms with Crippen molar-refractivity contribution in [3.05, 3.63) is 0 Å². The van der Waals surface area contributed by atoms with Crippen molar-refractivity contribution in [3.63, 3.8) is 0 Å². The molecule has 0 aromatic carbocycles. The van der Waals surface area contributed by atoms with Crippen LogP contribution in [-0.2, 0) is 0 Å². The SMILES string of the molecule is CN(CC(F)F)C1CCCCCCCCCCC1O. The van der Waals surface area contributed by atoms with Gasteiger partial charge < -0.3 is 5.11 Å². The third kappa shape index (κ3) is 7.21. The Morgan fingerprint density at radius 2 is 1.42 bits per heavy atom. The standard InChI is InChI=1S/C15H29F2NO/c1-18(12-15(16)17)13-10-8-6-4-2-3-5-7-9-11-14(13)19/h13-15,19H,2-12H2,1H3. The lowest BCUT2D eigenvalue weighted by molar-refractivity contribution is 0.0153. The molecule has 1 aliphatic rings. The van der Waals surface area contributed by atoms with E-state index in [-0.39, 0.29) is 12.6 Å². The molecule has 4 heteroatoms. The Bertz CT molecular complexity index is 226. The molecule has 0 aromatic heterocycles. The number of rotatable bonds is 3. The monoisotopic (exact) mass is 277 g/mol. The molecule has 0 spiro atoms. The third-order valence-electron chi connectivity index (χ3n) is 4.19. The van der Waals surface area contributed by atoms with E-state index in [9.17, 15) is 13.9 Å². The van der Waals surface area contributed by atoms with Gasteiger partial charge in [0.1, 0.15) is 0 Å². The maximum Gasteiger partial charge on any atom is 0.251 e. The Balaban J connectivity index is 2.50. The number of likely N-dealkylation sites (N-methyl/N-ethyl adjacent to an activating group) is 1. The van der Waals surface area contributed by atoms with E-state index in [0.29, 0.717) is 0 Å². The van der Waals surface area contributed by atoms with Crippen LogP contribution in [0.4, 0.5) is 8.78 Å². The minimum atomic E-state index is -2.32. The predicted molar refractivity (Wildman–Crippen MR) is 74.6 cm³/mol. The zero-order chi connectivity index (χ0) is 14.1. The van der Waals surface area contributed by atoms with Crippen molar-refractivity contribution in [1.82, 2.24) is 4.90 Å². The highest BCUT2D eigenvalue weighted by atomic mass is 19.3. The van der Waals surface area contributed by atoms with Crippen LogP contribution in [0.25, 0.3) is 0 Å². The smallest absolute Gasteiger partial charge is 0.251 e. The lowest BCUT2D eigenvalue weighted by Crippen LogP contribution is -2.43. The first kappa shape index (κ1) is 16.8. The van der Waals surface area contributed by atoms with Crippen molar-refractivity contribution in [1.29, 1.82) is 0 Å². The molecule has 0 heterocycles. The molecule has 0 bridgehead atoms. The number of halogens is 2. The van der Waals surface area contributed by atoms with Gasteiger partial charge in [0.25, 0.3) is 6.43 Å². The number of alkyl halides is 2. The van der Waals surface area contributed by atoms with Crippen molar-refractivity contribution in [2.75, 3.05) is 13.6 Å². The second kappa shape index (κ2) is 9.65. The van der Waals surface area contributed by atoms with Crippen LogP contribution in [0.15, 0.2) is 0 Å². The summed E-state index contributed by atoms with van der Waals surface area (Å²) in [5, 5.41) is 10.2. The van der Waals surface area contributed by atoms with Gasteiger partial charge in [-0.2, -0.15) is 0 Å². The maximum atomic E-state index is 12.5. The first-order chi connectivity index (χ1) is 9.11. The molecule has 1 N–H and O–H groups in total. The van der Waals surface area contributed by atoms with Crippen molar-refractivity contribution in [2.45, 2.75) is 82.8 Å². The summed E-state index contributed by atoms with van der Waals surface area (Å²) in [4.78, 5) is 1.65. The molecule has 1 fully saturated rings. The van der Waals surface area contributed by atoms with Crippen LogP contribution in [0.5, 0.6) is 0 Å². The Morgan fingerprint density at radius 3 is 1.95 bits per heavy atom. The van der Waals surface area contributed by atoms with E-state index in [1.807, 2.05) is 0 Å². The lowest BCUT2D eigenvalue weighted by Gasteiger charge is -2.32. The summed E-state index contributed by atoms with van der Waals surface area (Å²) in [5.74, 6) is 0. The van der Waals surface area contributed by atoms with Crippen LogP contribution in [0, 0.1) is 0 Å². The largest absolute Gasteiger partial charge is 0.391 e. The van der Waals surface area contributed by atoms with Gasteiger partial charge in [0, 0.05) is 6.04 Å². The van der Waals surface area contributed by atoms with E-state index in [1.54, 1.807) is 11.9 Å². The molecule has 1 rings (SSSR count). The molecule has 2 unspecified atom stereocenters. The number of nitrogens with zero attached hydrogens (tertiary/aromatic N) is 1. The normalized spacial score (nSPS) is 28.1. The highest BCUT2D eigenvalue weighted by molar-refractivity contribution is 4.78. The van der Waals surface area contributed by atoms with Crippen LogP contribution < -0.4 is 0 Å². The molecular formula is C15H29F2NO. The van der Waals surface area contributed by atoms with E-state index in [1.165, 1.54) is 25.7 Å². The summed E-state index contributed by atoms with van der Waals surface area (Å²) in [6.07, 6.45) is 8.24. The summed E-state index contributed by atoms with van der Waals surface area (Å²) in [6.45, 7) is -0.234. The molecule has 0 aromatic rings. The first-order valence-corrected chi connectivity index (χ1v) is 7.77. The van der Waals surface area contributed by atoms with Gasteiger partial charge in [-0.25, -0.2) is 8.78 Å². The molecule has 1 saturated carbocycles. The topological polar surface area (TPSA) is 23.5 Å². The Hall–Kier alpha value is -0.220. The van der Waals surface area contributed by atoms with E-state index in [0.717, 1.165) is 38.5 Å². The summed E-state index contributed by atoms with van der Waals surface area (Å²) in [7, 11) is 1.71. The molecule has 1 aliphatic carbocycles. The fourth-order valence-electron chi connectivity index (χ4n) is 3.02. The van der Waals surface area contributed by atoms with Gasteiger partial charge in [-0.1, -0.05) is 51.4 Å². The quantitative estimate of drug-likeness (QED) is 0.847. The van der Waals surface area contributed by atoms with Crippen molar-refractivity contribution in [3.8, 4) is 0 Å². The fourth-order valence-corrected chi connectivity index (χ4v) is 3.02. The van der Waals surface area contributed by atoms with Gasteiger partial charge >= 0.3 is 0 Å². The van der Waals surface area contributed by atoms with Gasteiger partial charge in [-0.3, -0.25) is 4.90 Å². The Labute approximate surface area is 116 Å². The van der Waals surface area contributed by atoms with Gasteiger partial charge in [-0.05, 0) is 19.9 Å². The minimum Gasteiger partial charge on any atom is -0.391 e. The molecule has 2 atom stereocenters. The van der Waals surface area contributed by atoms with Crippen molar-refractivity contribution in [2.24, 2.45) is 0 Å². The highest BCUT2D eigenvalue weighted by Crippen LogP contribution is 2.20. The second-order valence-corrected chi connectivity index (χ2v) is 5.87. The van der Waals surface area contributed by atoms with Gasteiger partial charge in [0.15, 0.2) is 0 Å². The highest BCUT2D eigenvalue weighted by Gasteiger charge is 2.24. The molecule has 0 radical (unpaired) electrons. The Kier molecular flexibility index (Phi) is 8.55. The van der Waals surface area contributed by atoms with E-state index in [2.05, 4.69) is 0 Å². The lowest BCUT2D eigenvalue weighted by atomic mass is 9.95. The summed E-state index contributed by atoms with van der Waals surface area (Å²) >= 11 is 0. The molecule has 19 heavy (non-hydrogen) atoms. The van der Waals surface area contributed by atoms with Gasteiger partial charge in [0.2, 0.25) is 0 Å². The minimum absolute atomic E-state index is 0.103. The molecule has 0 amide bonds. The zero-order valence-electron chi connectivity index (χ0n) is 12.2. The maximum absolute atomic E-state index is 12.5. The van der Waals surface area contributed by atoms with Crippen LogP contribution in [0.3, 0.4) is 0 Å². The van der Waals surface area contributed by atoms with Crippen molar-refractivity contribution >= 4 is 0 Å². The molecule has 0 aliphatic heterocycles. The van der Waals surface area contributed by atoms with Gasteiger partial charge in [0.05, 0.1) is 12.6 Å². The van der Waals surface area contributed by atoms with Crippen molar-refractivity contribution < 1.29 is 13.9 Å². The van der Waals surface area contributed by atoms with Crippen LogP contribution in [0.1, 0.15) is 64.2 Å². The van der Waals surface area contributed by atoms with Crippen LogP contribution in [-0.4, -0.2) is 42.2 Å². The number of aliphatic hydroxyl groups excluding tert-OH is 1. The summed E-state index contributed by atoms with van der Waals surface area (Å²) in [6, 6.07) is -0.103. The second-order valence-electron chi connectivity index (χ2n) is 5.87. The van der Waals surface area contributed by atoms with Crippen LogP contribution in [0.2, 0.25) is 0 Å². The summed E-state index contributed by atoms with van der Waals surface area (Å²) in [5.41, 5.74) is 0. The number of aliphatic hydroxyl groups is 1. The van der Waals surface area contributed by atoms with E-state index >= 15 is 0 Å². The summed E-state index contributed by atoms with van der Waals surface area (Å²) < 4.78 is 25.0. The Morgan fingerprint density at radius 1 is 0.947 bits per heavy atom. The average Bonchev–Trinajstić information content (AvgIpc) is 2.32. The fraction of sp³-hybridized carbons (Fsp3) is 1.00. The molecule has 0 saturated heterocycles. The van der Waals surface area contributed by atoms with E-state index in [4.69, 9.17) is 0 Å². The van der Waals surface area contributed by atoms with E-state index < -0.39 is 12.5 Å². The third-order valence-corrected chi connectivity index (χ3v) is 4.19. The predicted octanol–water partition coefficient (Wildman–Crippen LogP) is 3.83.